The highest BCUT2D eigenvalue weighted by atomic mass is 16.5. The Kier molecular flexibility index (Phi) is 8.06. The van der Waals surface area contributed by atoms with Crippen LogP contribution in [0, 0.1) is 5.92 Å². The molecule has 31 heavy (non-hydrogen) atoms. The quantitative estimate of drug-likeness (QED) is 0.555. The van der Waals surface area contributed by atoms with Crippen LogP contribution in [-0.4, -0.2) is 97.8 Å². The molecule has 3 rings (SSSR count). The molecular weight excluding hydrogens is 398 g/mol. The van der Waals surface area contributed by atoms with Crippen molar-refractivity contribution < 1.29 is 24.2 Å². The monoisotopic (exact) mass is 431 g/mol. The number of carbonyl (C=O) groups is 2. The van der Waals surface area contributed by atoms with Crippen molar-refractivity contribution in [3.63, 3.8) is 0 Å². The van der Waals surface area contributed by atoms with Gasteiger partial charge in [-0.2, -0.15) is 0 Å². The summed E-state index contributed by atoms with van der Waals surface area (Å²) in [6.07, 6.45) is 0. The van der Waals surface area contributed by atoms with E-state index in [1.54, 1.807) is 7.11 Å². The molecule has 0 spiro atoms. The van der Waals surface area contributed by atoms with Crippen LogP contribution in [0.5, 0.6) is 5.75 Å². The van der Waals surface area contributed by atoms with Gasteiger partial charge in [-0.1, -0.05) is 26.0 Å². The number of rotatable bonds is 10. The third-order valence-electron chi connectivity index (χ3n) is 5.49. The summed E-state index contributed by atoms with van der Waals surface area (Å²) in [6.45, 7) is 8.77. The minimum absolute atomic E-state index is 0.112. The molecule has 0 aromatic heterocycles. The van der Waals surface area contributed by atoms with Crippen LogP contribution in [-0.2, 0) is 14.3 Å². The summed E-state index contributed by atoms with van der Waals surface area (Å²) < 4.78 is 10.9. The van der Waals surface area contributed by atoms with E-state index in [-0.39, 0.29) is 25.0 Å². The first-order valence-corrected chi connectivity index (χ1v) is 10.9. The lowest BCUT2D eigenvalue weighted by Crippen LogP contribution is -2.48. The van der Waals surface area contributed by atoms with Crippen molar-refractivity contribution in [3.05, 3.63) is 35.5 Å². The first-order valence-electron chi connectivity index (χ1n) is 10.9. The van der Waals surface area contributed by atoms with E-state index in [9.17, 15) is 14.7 Å². The van der Waals surface area contributed by atoms with Gasteiger partial charge in [0.25, 0.3) is 11.8 Å². The van der Waals surface area contributed by atoms with Crippen LogP contribution in [0.1, 0.15) is 19.4 Å². The van der Waals surface area contributed by atoms with Gasteiger partial charge in [0, 0.05) is 39.8 Å². The van der Waals surface area contributed by atoms with Gasteiger partial charge < -0.3 is 19.5 Å². The second kappa shape index (κ2) is 10.7. The van der Waals surface area contributed by atoms with Gasteiger partial charge in [-0.15, -0.1) is 0 Å². The summed E-state index contributed by atoms with van der Waals surface area (Å²) in [4.78, 5) is 31.9. The summed E-state index contributed by atoms with van der Waals surface area (Å²) in [6, 6.07) is 7.38. The van der Waals surface area contributed by atoms with Gasteiger partial charge in [0.2, 0.25) is 0 Å². The van der Waals surface area contributed by atoms with E-state index in [1.165, 1.54) is 4.90 Å². The number of β-amino-alcohol motifs (C(OH)–C–C–N with tert-alkyl or cyclic N) is 1. The topological polar surface area (TPSA) is 82.6 Å². The standard InChI is InChI=1S/C23H33N3O5/c1-17(2)16-31-19-6-4-18(5-7-19)20-21(23(29)26(22(20)28)13-15-30-3)25-10-8-24(9-11-25)12-14-27/h4-7,17,27H,8-16H2,1-3H3. The minimum atomic E-state index is -0.286. The first kappa shape index (κ1) is 23.2. The van der Waals surface area contributed by atoms with Crippen molar-refractivity contribution in [2.45, 2.75) is 13.8 Å². The molecule has 2 aliphatic rings. The zero-order valence-corrected chi connectivity index (χ0v) is 18.7. The zero-order chi connectivity index (χ0) is 22.4. The Bertz CT molecular complexity index is 798. The van der Waals surface area contributed by atoms with Gasteiger partial charge in [-0.3, -0.25) is 19.4 Å². The van der Waals surface area contributed by atoms with Crippen molar-refractivity contribution in [3.8, 4) is 5.75 Å². The molecule has 0 saturated carbocycles. The SMILES string of the molecule is COCCN1C(=O)C(c2ccc(OCC(C)C)cc2)=C(N2CCN(CCO)CC2)C1=O. The van der Waals surface area contributed by atoms with Crippen molar-refractivity contribution in [2.75, 3.05) is 66.2 Å². The number of hydrogen-bond acceptors (Lipinski definition) is 7. The molecule has 8 heteroatoms. The lowest BCUT2D eigenvalue weighted by Gasteiger charge is -2.36. The van der Waals surface area contributed by atoms with E-state index in [0.717, 1.165) is 18.8 Å². The number of imide groups is 1. The fourth-order valence-electron chi connectivity index (χ4n) is 3.82. The molecule has 2 heterocycles. The molecule has 0 unspecified atom stereocenters. The molecule has 0 radical (unpaired) electrons. The average Bonchev–Trinajstić information content (AvgIpc) is 3.01. The normalized spacial score (nSPS) is 18.0. The summed E-state index contributed by atoms with van der Waals surface area (Å²) >= 11 is 0. The molecule has 0 aliphatic carbocycles. The van der Waals surface area contributed by atoms with Gasteiger partial charge >= 0.3 is 0 Å². The van der Waals surface area contributed by atoms with Crippen LogP contribution in [0.15, 0.2) is 30.0 Å². The van der Waals surface area contributed by atoms with Crippen LogP contribution >= 0.6 is 0 Å². The Hall–Kier alpha value is -2.42. The van der Waals surface area contributed by atoms with E-state index in [1.807, 2.05) is 29.2 Å². The number of aliphatic hydroxyl groups excluding tert-OH is 1. The van der Waals surface area contributed by atoms with Gasteiger partial charge in [0.05, 0.1) is 31.9 Å². The van der Waals surface area contributed by atoms with E-state index >= 15 is 0 Å². The summed E-state index contributed by atoms with van der Waals surface area (Å²) in [5, 5.41) is 9.18. The summed E-state index contributed by atoms with van der Waals surface area (Å²) in [5.74, 6) is 0.602. The average molecular weight is 432 g/mol. The molecule has 0 atom stereocenters. The van der Waals surface area contributed by atoms with Crippen LogP contribution in [0.3, 0.4) is 0 Å². The fraction of sp³-hybridized carbons (Fsp3) is 0.565. The Morgan fingerprint density at radius 1 is 1.00 bits per heavy atom. The highest BCUT2D eigenvalue weighted by molar-refractivity contribution is 6.35. The van der Waals surface area contributed by atoms with Crippen LogP contribution in [0.2, 0.25) is 0 Å². The largest absolute Gasteiger partial charge is 0.493 e. The van der Waals surface area contributed by atoms with Gasteiger partial charge in [-0.25, -0.2) is 0 Å². The zero-order valence-electron chi connectivity index (χ0n) is 18.7. The molecule has 1 aromatic carbocycles. The molecule has 170 valence electrons. The van der Waals surface area contributed by atoms with Gasteiger partial charge in [0.1, 0.15) is 11.4 Å². The Labute approximate surface area is 184 Å². The molecule has 0 bridgehead atoms. The maximum Gasteiger partial charge on any atom is 0.277 e. The van der Waals surface area contributed by atoms with Crippen molar-refractivity contribution in [1.82, 2.24) is 14.7 Å². The lowest BCUT2D eigenvalue weighted by molar-refractivity contribution is -0.138. The molecule has 1 saturated heterocycles. The Morgan fingerprint density at radius 3 is 2.26 bits per heavy atom. The number of hydrogen-bond donors (Lipinski definition) is 1. The van der Waals surface area contributed by atoms with E-state index < -0.39 is 0 Å². The number of ether oxygens (including phenoxy) is 2. The lowest BCUT2D eigenvalue weighted by atomic mass is 10.0. The predicted molar refractivity (Wildman–Crippen MR) is 117 cm³/mol. The van der Waals surface area contributed by atoms with Crippen LogP contribution < -0.4 is 4.74 Å². The smallest absolute Gasteiger partial charge is 0.277 e. The number of methoxy groups -OCH3 is 1. The second-order valence-electron chi connectivity index (χ2n) is 8.26. The molecule has 1 N–H and O–H groups in total. The number of carbonyl (C=O) groups excluding carboxylic acids is 2. The van der Waals surface area contributed by atoms with Crippen LogP contribution in [0.4, 0.5) is 0 Å². The minimum Gasteiger partial charge on any atom is -0.493 e. The number of aliphatic hydroxyl groups is 1. The molecule has 8 nitrogen and oxygen atoms in total. The number of nitrogens with zero attached hydrogens (tertiary/aromatic N) is 3. The number of amides is 2. The van der Waals surface area contributed by atoms with Gasteiger partial charge in [-0.05, 0) is 23.6 Å². The first-order chi connectivity index (χ1) is 15.0. The second-order valence-corrected chi connectivity index (χ2v) is 8.26. The molecule has 1 aromatic rings. The highest BCUT2D eigenvalue weighted by Gasteiger charge is 2.41. The Morgan fingerprint density at radius 2 is 1.68 bits per heavy atom. The molecule has 1 fully saturated rings. The fourth-order valence-corrected chi connectivity index (χ4v) is 3.82. The molecular formula is C23H33N3O5. The van der Waals surface area contributed by atoms with E-state index in [0.29, 0.717) is 55.6 Å². The third-order valence-corrected chi connectivity index (χ3v) is 5.49. The van der Waals surface area contributed by atoms with Crippen molar-refractivity contribution in [2.24, 2.45) is 5.92 Å². The maximum atomic E-state index is 13.2. The Balaban J connectivity index is 1.87. The summed E-state index contributed by atoms with van der Waals surface area (Å²) in [7, 11) is 1.55. The number of benzene rings is 1. The molecule has 2 amide bonds. The van der Waals surface area contributed by atoms with Gasteiger partial charge in [0.15, 0.2) is 0 Å². The summed E-state index contributed by atoms with van der Waals surface area (Å²) in [5.41, 5.74) is 1.61. The van der Waals surface area contributed by atoms with Crippen molar-refractivity contribution in [1.29, 1.82) is 0 Å². The van der Waals surface area contributed by atoms with E-state index in [4.69, 9.17) is 9.47 Å². The third kappa shape index (κ3) is 5.44. The van der Waals surface area contributed by atoms with E-state index in [2.05, 4.69) is 18.7 Å². The highest BCUT2D eigenvalue weighted by Crippen LogP contribution is 2.33. The van der Waals surface area contributed by atoms with Crippen LogP contribution in [0.25, 0.3) is 5.57 Å². The maximum absolute atomic E-state index is 13.2. The predicted octanol–water partition coefficient (Wildman–Crippen LogP) is 1.06. The molecule has 2 aliphatic heterocycles. The van der Waals surface area contributed by atoms with Crippen molar-refractivity contribution >= 4 is 17.4 Å². The number of piperazine rings is 1.